The topological polar surface area (TPSA) is 38.9 Å². The summed E-state index contributed by atoms with van der Waals surface area (Å²) in [5.41, 5.74) is 4.46. The molecule has 0 spiro atoms. The molecule has 21 heavy (non-hydrogen) atoms. The maximum Gasteiger partial charge on any atom is 0.248 e. The minimum absolute atomic E-state index is 0.507. The monoisotopic (exact) mass is 276 g/mol. The van der Waals surface area contributed by atoms with Gasteiger partial charge >= 0.3 is 0 Å². The number of hydrogen-bond acceptors (Lipinski definition) is 3. The van der Waals surface area contributed by atoms with Gasteiger partial charge in [0.15, 0.2) is 0 Å². The van der Waals surface area contributed by atoms with E-state index >= 15 is 0 Å². The van der Waals surface area contributed by atoms with Gasteiger partial charge in [0.1, 0.15) is 0 Å². The number of nitrogens with zero attached hydrogens (tertiary/aromatic N) is 2. The molecule has 2 aromatic carbocycles. The van der Waals surface area contributed by atoms with E-state index in [0.717, 1.165) is 11.1 Å². The van der Waals surface area contributed by atoms with Gasteiger partial charge in [-0.05, 0) is 37.6 Å². The van der Waals surface area contributed by atoms with Gasteiger partial charge in [0.2, 0.25) is 11.8 Å². The van der Waals surface area contributed by atoms with E-state index in [4.69, 9.17) is 4.42 Å². The number of aromatic nitrogens is 2. The average Bonchev–Trinajstić information content (AvgIpc) is 2.96. The number of aryl methyl sites for hydroxylation is 2. The van der Waals surface area contributed by atoms with Gasteiger partial charge in [0, 0.05) is 11.6 Å². The van der Waals surface area contributed by atoms with Crippen LogP contribution in [0, 0.1) is 13.8 Å². The summed E-state index contributed by atoms with van der Waals surface area (Å²) in [7, 11) is 0. The first-order valence-electron chi connectivity index (χ1n) is 6.86. The molecular formula is C18H16N2O. The van der Waals surface area contributed by atoms with Crippen LogP contribution in [0.5, 0.6) is 0 Å². The summed E-state index contributed by atoms with van der Waals surface area (Å²) < 4.78 is 5.66. The summed E-state index contributed by atoms with van der Waals surface area (Å²) in [6.07, 6.45) is 3.80. The second-order valence-corrected chi connectivity index (χ2v) is 5.06. The molecule has 0 saturated carbocycles. The molecule has 0 N–H and O–H groups in total. The van der Waals surface area contributed by atoms with E-state index < -0.39 is 0 Å². The fraction of sp³-hybridized carbons (Fsp3) is 0.111. The van der Waals surface area contributed by atoms with Gasteiger partial charge in [-0.25, -0.2) is 0 Å². The van der Waals surface area contributed by atoms with Gasteiger partial charge in [-0.3, -0.25) is 0 Å². The molecule has 1 aromatic heterocycles. The summed E-state index contributed by atoms with van der Waals surface area (Å²) in [5.74, 6) is 1.05. The first-order chi connectivity index (χ1) is 10.2. The van der Waals surface area contributed by atoms with Crippen LogP contribution in [0.2, 0.25) is 0 Å². The Bertz CT molecular complexity index is 770. The Hall–Kier alpha value is -2.68. The second kappa shape index (κ2) is 5.75. The fourth-order valence-electron chi connectivity index (χ4n) is 2.04. The normalized spacial score (nSPS) is 11.1. The van der Waals surface area contributed by atoms with Crippen LogP contribution in [0.3, 0.4) is 0 Å². The Morgan fingerprint density at radius 2 is 1.67 bits per heavy atom. The predicted octanol–water partition coefficient (Wildman–Crippen LogP) is 4.52. The highest BCUT2D eigenvalue weighted by molar-refractivity contribution is 5.66. The van der Waals surface area contributed by atoms with Crippen LogP contribution in [-0.2, 0) is 0 Å². The summed E-state index contributed by atoms with van der Waals surface area (Å²) in [4.78, 5) is 0. The highest BCUT2D eigenvalue weighted by Gasteiger charge is 2.06. The van der Waals surface area contributed by atoms with E-state index in [1.165, 1.54) is 11.1 Å². The highest BCUT2D eigenvalue weighted by Crippen LogP contribution is 2.19. The molecule has 0 amide bonds. The van der Waals surface area contributed by atoms with Gasteiger partial charge in [0.05, 0.1) is 0 Å². The maximum absolute atomic E-state index is 5.66. The molecule has 0 aliphatic heterocycles. The van der Waals surface area contributed by atoms with Gasteiger partial charge in [-0.15, -0.1) is 10.2 Å². The first-order valence-corrected chi connectivity index (χ1v) is 6.86. The molecular weight excluding hydrogens is 260 g/mol. The van der Waals surface area contributed by atoms with Crippen molar-refractivity contribution in [1.29, 1.82) is 0 Å². The van der Waals surface area contributed by atoms with Crippen molar-refractivity contribution in [2.75, 3.05) is 0 Å². The smallest absolute Gasteiger partial charge is 0.248 e. The van der Waals surface area contributed by atoms with Crippen molar-refractivity contribution in [1.82, 2.24) is 10.2 Å². The zero-order chi connectivity index (χ0) is 14.7. The van der Waals surface area contributed by atoms with E-state index in [0.29, 0.717) is 11.8 Å². The Morgan fingerprint density at radius 1 is 0.857 bits per heavy atom. The van der Waals surface area contributed by atoms with Crippen LogP contribution in [0.4, 0.5) is 0 Å². The lowest BCUT2D eigenvalue weighted by Gasteiger charge is -1.95. The van der Waals surface area contributed by atoms with E-state index in [1.54, 1.807) is 0 Å². The molecule has 0 radical (unpaired) electrons. The van der Waals surface area contributed by atoms with Crippen molar-refractivity contribution in [2.45, 2.75) is 13.8 Å². The number of hydrogen-bond donors (Lipinski definition) is 0. The lowest BCUT2D eigenvalue weighted by atomic mass is 10.1. The lowest BCUT2D eigenvalue weighted by Crippen LogP contribution is -1.78. The van der Waals surface area contributed by atoms with Crippen molar-refractivity contribution in [3.8, 4) is 11.5 Å². The predicted molar refractivity (Wildman–Crippen MR) is 84.6 cm³/mol. The molecule has 3 heteroatoms. The molecule has 0 aliphatic rings. The minimum atomic E-state index is 0.507. The van der Waals surface area contributed by atoms with Gasteiger partial charge in [-0.2, -0.15) is 0 Å². The van der Waals surface area contributed by atoms with Crippen LogP contribution in [0.25, 0.3) is 23.6 Å². The third-order valence-electron chi connectivity index (χ3n) is 3.20. The summed E-state index contributed by atoms with van der Waals surface area (Å²) in [5, 5.41) is 8.14. The van der Waals surface area contributed by atoms with Crippen LogP contribution in [0.15, 0.2) is 52.9 Å². The first kappa shape index (κ1) is 13.3. The van der Waals surface area contributed by atoms with Gasteiger partial charge in [-0.1, -0.05) is 47.5 Å². The molecule has 0 saturated heterocycles. The highest BCUT2D eigenvalue weighted by atomic mass is 16.4. The number of rotatable bonds is 3. The molecule has 0 unspecified atom stereocenters. The van der Waals surface area contributed by atoms with Crippen LogP contribution < -0.4 is 0 Å². The Labute approximate surface area is 124 Å². The molecule has 0 atom stereocenters. The molecule has 1 heterocycles. The van der Waals surface area contributed by atoms with Crippen LogP contribution in [0.1, 0.15) is 22.6 Å². The van der Waals surface area contributed by atoms with Crippen molar-refractivity contribution in [2.24, 2.45) is 0 Å². The quantitative estimate of drug-likeness (QED) is 0.705. The van der Waals surface area contributed by atoms with Crippen molar-refractivity contribution in [3.05, 3.63) is 71.1 Å². The van der Waals surface area contributed by atoms with Crippen molar-refractivity contribution in [3.63, 3.8) is 0 Å². The van der Waals surface area contributed by atoms with Crippen LogP contribution in [-0.4, -0.2) is 10.2 Å². The zero-order valence-electron chi connectivity index (χ0n) is 12.1. The summed E-state index contributed by atoms with van der Waals surface area (Å²) in [6, 6.07) is 16.3. The largest absolute Gasteiger partial charge is 0.417 e. The van der Waals surface area contributed by atoms with E-state index in [9.17, 15) is 0 Å². The molecule has 3 rings (SSSR count). The van der Waals surface area contributed by atoms with Gasteiger partial charge in [0.25, 0.3) is 0 Å². The Morgan fingerprint density at radius 3 is 2.43 bits per heavy atom. The lowest BCUT2D eigenvalue weighted by molar-refractivity contribution is 0.558. The Balaban J connectivity index is 1.80. The third-order valence-corrected chi connectivity index (χ3v) is 3.20. The molecule has 104 valence electrons. The molecule has 3 nitrogen and oxygen atoms in total. The fourth-order valence-corrected chi connectivity index (χ4v) is 2.04. The van der Waals surface area contributed by atoms with E-state index in [-0.39, 0.29) is 0 Å². The summed E-state index contributed by atoms with van der Waals surface area (Å²) >= 11 is 0. The summed E-state index contributed by atoms with van der Waals surface area (Å²) in [6.45, 7) is 4.11. The molecule has 0 aliphatic carbocycles. The maximum atomic E-state index is 5.66. The molecule has 0 bridgehead atoms. The zero-order valence-corrected chi connectivity index (χ0v) is 12.1. The molecule has 0 fully saturated rings. The van der Waals surface area contributed by atoms with Gasteiger partial charge < -0.3 is 4.42 Å². The average molecular weight is 276 g/mol. The second-order valence-electron chi connectivity index (χ2n) is 5.06. The third kappa shape index (κ3) is 3.26. The van der Waals surface area contributed by atoms with E-state index in [2.05, 4.69) is 41.4 Å². The number of benzene rings is 2. The van der Waals surface area contributed by atoms with Crippen LogP contribution >= 0.6 is 0 Å². The standard InChI is InChI=1S/C18H16N2O/c1-13-6-8-15(9-7-13)10-11-17-19-20-18(21-17)16-5-3-4-14(2)12-16/h3-12H,1-2H3. The molecule has 3 aromatic rings. The van der Waals surface area contributed by atoms with Crippen molar-refractivity contribution < 1.29 is 4.42 Å². The Kier molecular flexibility index (Phi) is 3.65. The minimum Gasteiger partial charge on any atom is -0.417 e. The van der Waals surface area contributed by atoms with Crippen molar-refractivity contribution >= 4 is 12.2 Å². The SMILES string of the molecule is Cc1ccc(C=Cc2nnc(-c3cccc(C)c3)o2)cc1. The van der Waals surface area contributed by atoms with E-state index in [1.807, 2.05) is 43.3 Å².